The Hall–Kier alpha value is -1.13. The second-order valence-corrected chi connectivity index (χ2v) is 6.94. The topological polar surface area (TPSA) is 37.4 Å². The normalized spacial score (nSPS) is 21.9. The van der Waals surface area contributed by atoms with Crippen LogP contribution in [0.3, 0.4) is 0 Å². The zero-order chi connectivity index (χ0) is 12.8. The third kappa shape index (κ3) is 1.99. The Balaban J connectivity index is 1.98. The lowest BCUT2D eigenvalue weighted by molar-refractivity contribution is 0.383. The van der Waals surface area contributed by atoms with E-state index in [1.54, 1.807) is 6.07 Å². The highest BCUT2D eigenvalue weighted by Crippen LogP contribution is 2.34. The van der Waals surface area contributed by atoms with E-state index in [0.29, 0.717) is 4.90 Å². The third-order valence-electron chi connectivity index (χ3n) is 3.68. The summed E-state index contributed by atoms with van der Waals surface area (Å²) >= 11 is 0. The second kappa shape index (κ2) is 4.21. The van der Waals surface area contributed by atoms with Gasteiger partial charge in [0, 0.05) is 12.0 Å². The van der Waals surface area contributed by atoms with Gasteiger partial charge in [0.2, 0.25) is 9.84 Å². The minimum Gasteiger partial charge on any atom is -0.299 e. The van der Waals surface area contributed by atoms with Crippen molar-refractivity contribution in [1.29, 1.82) is 0 Å². The van der Waals surface area contributed by atoms with E-state index in [-0.39, 0.29) is 0 Å². The molecule has 0 spiro atoms. The molecule has 4 heteroatoms. The summed E-state index contributed by atoms with van der Waals surface area (Å²) in [5, 5.41) is 1.45. The van der Waals surface area contributed by atoms with Crippen LogP contribution in [-0.2, 0) is 9.84 Å². The molecule has 0 aliphatic carbocycles. The number of fused-ring (bicyclic) bond motifs is 1. The Morgan fingerprint density at radius 3 is 2.67 bits per heavy atom. The largest absolute Gasteiger partial charge is 0.299 e. The van der Waals surface area contributed by atoms with Gasteiger partial charge in [-0.25, -0.2) is 8.42 Å². The van der Waals surface area contributed by atoms with Crippen molar-refractivity contribution < 1.29 is 8.42 Å². The molecule has 0 atom stereocenters. The maximum atomic E-state index is 12.1. The first-order valence-electron chi connectivity index (χ1n) is 6.35. The number of sulfone groups is 1. The van der Waals surface area contributed by atoms with Crippen LogP contribution in [0.2, 0.25) is 0 Å². The van der Waals surface area contributed by atoms with Gasteiger partial charge >= 0.3 is 0 Å². The molecule has 1 saturated heterocycles. The van der Waals surface area contributed by atoms with Crippen LogP contribution in [0.5, 0.6) is 0 Å². The number of rotatable bonds is 2. The van der Waals surface area contributed by atoms with Crippen molar-refractivity contribution in [2.75, 3.05) is 19.6 Å². The van der Waals surface area contributed by atoms with Crippen LogP contribution in [0.15, 0.2) is 28.5 Å². The van der Waals surface area contributed by atoms with Gasteiger partial charge in [-0.05, 0) is 55.6 Å². The monoisotopic (exact) mass is 263 g/mol. The van der Waals surface area contributed by atoms with E-state index in [4.69, 9.17) is 0 Å². The van der Waals surface area contributed by atoms with Gasteiger partial charge in [-0.15, -0.1) is 0 Å². The fourth-order valence-corrected chi connectivity index (χ4v) is 4.31. The molecule has 0 unspecified atom stereocenters. The van der Waals surface area contributed by atoms with E-state index >= 15 is 0 Å². The SMILES string of the molecule is Cc1ccc2c(c1)S(=O)(=O)C=C2CN1CCCC1. The maximum Gasteiger partial charge on any atom is 0.200 e. The number of hydrogen-bond donors (Lipinski definition) is 0. The summed E-state index contributed by atoms with van der Waals surface area (Å²) in [5.41, 5.74) is 2.84. The van der Waals surface area contributed by atoms with Crippen LogP contribution in [0.25, 0.3) is 5.57 Å². The summed E-state index contributed by atoms with van der Waals surface area (Å²) < 4.78 is 24.2. The molecule has 0 amide bonds. The lowest BCUT2D eigenvalue weighted by Gasteiger charge is -2.15. The summed E-state index contributed by atoms with van der Waals surface area (Å²) in [6.07, 6.45) is 2.45. The molecule has 0 N–H and O–H groups in total. The fourth-order valence-electron chi connectivity index (χ4n) is 2.75. The van der Waals surface area contributed by atoms with Gasteiger partial charge in [0.15, 0.2) is 0 Å². The molecule has 18 heavy (non-hydrogen) atoms. The summed E-state index contributed by atoms with van der Waals surface area (Å²) in [6.45, 7) is 4.85. The molecule has 1 fully saturated rings. The standard InChI is InChI=1S/C14H17NO2S/c1-11-4-5-13-12(9-15-6-2-3-7-15)10-18(16,17)14(13)8-11/h4-5,8,10H,2-3,6-7,9H2,1H3. The van der Waals surface area contributed by atoms with Crippen molar-refractivity contribution in [3.8, 4) is 0 Å². The van der Waals surface area contributed by atoms with E-state index in [9.17, 15) is 8.42 Å². The number of benzene rings is 1. The Labute approximate surface area is 108 Å². The predicted octanol–water partition coefficient (Wildman–Crippen LogP) is 2.22. The number of aryl methyl sites for hydroxylation is 1. The molecule has 3 rings (SSSR count). The summed E-state index contributed by atoms with van der Waals surface area (Å²) in [4.78, 5) is 2.81. The minimum atomic E-state index is -3.21. The average Bonchev–Trinajstić information content (AvgIpc) is 2.88. The molecule has 0 radical (unpaired) electrons. The molecule has 2 heterocycles. The van der Waals surface area contributed by atoms with Gasteiger partial charge in [0.25, 0.3) is 0 Å². The Morgan fingerprint density at radius 2 is 1.94 bits per heavy atom. The molecule has 0 bridgehead atoms. The summed E-state index contributed by atoms with van der Waals surface area (Å²) in [6, 6.07) is 5.70. The Morgan fingerprint density at radius 1 is 1.22 bits per heavy atom. The van der Waals surface area contributed by atoms with Crippen molar-refractivity contribution in [3.05, 3.63) is 34.7 Å². The first-order chi connectivity index (χ1) is 8.56. The fraction of sp³-hybridized carbons (Fsp3) is 0.429. The molecule has 2 aliphatic heterocycles. The van der Waals surface area contributed by atoms with Gasteiger partial charge in [-0.3, -0.25) is 4.90 Å². The van der Waals surface area contributed by atoms with Gasteiger partial charge < -0.3 is 0 Å². The van der Waals surface area contributed by atoms with E-state index in [2.05, 4.69) is 4.90 Å². The first kappa shape index (κ1) is 11.9. The molecule has 1 aromatic rings. The molecular weight excluding hydrogens is 246 g/mol. The molecule has 3 nitrogen and oxygen atoms in total. The van der Waals surface area contributed by atoms with Gasteiger partial charge in [0.1, 0.15) is 0 Å². The van der Waals surface area contributed by atoms with E-state index < -0.39 is 9.84 Å². The highest BCUT2D eigenvalue weighted by Gasteiger charge is 2.28. The number of hydrogen-bond acceptors (Lipinski definition) is 3. The van der Waals surface area contributed by atoms with E-state index in [1.165, 1.54) is 18.2 Å². The van der Waals surface area contributed by atoms with Gasteiger partial charge in [-0.1, -0.05) is 12.1 Å². The Kier molecular flexibility index (Phi) is 2.79. The first-order valence-corrected chi connectivity index (χ1v) is 7.90. The van der Waals surface area contributed by atoms with Crippen molar-refractivity contribution in [2.45, 2.75) is 24.7 Å². The molecule has 0 aromatic heterocycles. The van der Waals surface area contributed by atoms with Crippen LogP contribution in [-0.4, -0.2) is 33.0 Å². The molecule has 2 aliphatic rings. The average molecular weight is 263 g/mol. The van der Waals surface area contributed by atoms with E-state index in [0.717, 1.165) is 36.3 Å². The third-order valence-corrected chi connectivity index (χ3v) is 5.23. The summed E-state index contributed by atoms with van der Waals surface area (Å²) in [5.74, 6) is 0. The lowest BCUT2D eigenvalue weighted by atomic mass is 10.1. The molecular formula is C14H17NO2S. The quantitative estimate of drug-likeness (QED) is 0.821. The zero-order valence-electron chi connectivity index (χ0n) is 10.5. The predicted molar refractivity (Wildman–Crippen MR) is 72.0 cm³/mol. The van der Waals surface area contributed by atoms with Gasteiger partial charge in [-0.2, -0.15) is 0 Å². The van der Waals surface area contributed by atoms with E-state index in [1.807, 2.05) is 19.1 Å². The second-order valence-electron chi connectivity index (χ2n) is 5.17. The zero-order valence-corrected chi connectivity index (χ0v) is 11.3. The lowest BCUT2D eigenvalue weighted by Crippen LogP contribution is -2.21. The number of nitrogens with zero attached hydrogens (tertiary/aromatic N) is 1. The highest BCUT2D eigenvalue weighted by molar-refractivity contribution is 7.95. The molecule has 96 valence electrons. The van der Waals surface area contributed by atoms with Crippen LogP contribution in [0.1, 0.15) is 24.0 Å². The van der Waals surface area contributed by atoms with Crippen LogP contribution < -0.4 is 0 Å². The van der Waals surface area contributed by atoms with Crippen molar-refractivity contribution in [2.24, 2.45) is 0 Å². The Bertz CT molecular complexity index is 611. The summed E-state index contributed by atoms with van der Waals surface area (Å²) in [7, 11) is -3.21. The maximum absolute atomic E-state index is 12.1. The van der Waals surface area contributed by atoms with Crippen LogP contribution >= 0.6 is 0 Å². The molecule has 1 aromatic carbocycles. The van der Waals surface area contributed by atoms with Crippen molar-refractivity contribution >= 4 is 15.4 Å². The van der Waals surface area contributed by atoms with Crippen molar-refractivity contribution in [1.82, 2.24) is 4.90 Å². The van der Waals surface area contributed by atoms with Crippen molar-refractivity contribution in [3.63, 3.8) is 0 Å². The minimum absolute atomic E-state index is 0.483. The highest BCUT2D eigenvalue weighted by atomic mass is 32.2. The van der Waals surface area contributed by atoms with Crippen LogP contribution in [0, 0.1) is 6.92 Å². The van der Waals surface area contributed by atoms with Crippen LogP contribution in [0.4, 0.5) is 0 Å². The molecule has 0 saturated carbocycles. The van der Waals surface area contributed by atoms with Gasteiger partial charge in [0.05, 0.1) is 4.90 Å². The smallest absolute Gasteiger partial charge is 0.200 e. The number of likely N-dealkylation sites (tertiary alicyclic amines) is 1.